The summed E-state index contributed by atoms with van der Waals surface area (Å²) in [5.74, 6) is -3.48. The van der Waals surface area contributed by atoms with Crippen molar-refractivity contribution in [2.24, 2.45) is 11.3 Å². The van der Waals surface area contributed by atoms with Crippen molar-refractivity contribution < 1.29 is 37.3 Å². The molecule has 0 spiro atoms. The third-order valence-electron chi connectivity index (χ3n) is 8.41. The zero-order chi connectivity index (χ0) is 25.7. The van der Waals surface area contributed by atoms with Crippen molar-refractivity contribution >= 4 is 23.4 Å². The number of aliphatic hydroxyl groups is 1. The Labute approximate surface area is 212 Å². The zero-order valence-corrected chi connectivity index (χ0v) is 20.5. The Kier molecular flexibility index (Phi) is 6.99. The number of aliphatic hydroxyl groups excluding tert-OH is 1. The molecule has 5 atom stereocenters. The van der Waals surface area contributed by atoms with Gasteiger partial charge in [0.15, 0.2) is 6.10 Å². The maximum atomic E-state index is 15.1. The van der Waals surface area contributed by atoms with Gasteiger partial charge in [0.05, 0.1) is 43.0 Å². The van der Waals surface area contributed by atoms with Gasteiger partial charge in [-0.05, 0) is 62.5 Å². The summed E-state index contributed by atoms with van der Waals surface area (Å²) in [6.45, 7) is 0.795. The van der Waals surface area contributed by atoms with Crippen LogP contribution >= 0.6 is 11.6 Å². The van der Waals surface area contributed by atoms with Crippen molar-refractivity contribution in [3.05, 3.63) is 34.4 Å². The van der Waals surface area contributed by atoms with Gasteiger partial charge in [-0.15, -0.1) is 0 Å². The SMILES string of the molecule is O=C(N[C@H](c1c(F)ccc(Cl)c1F)C12CCC(F)(CC1)C2)[C@@H]1C[C@@H](O)[C@@H](NC(=O)[C@@H]2COCCO2)C1. The molecular formula is C25H30ClF3N2O5. The molecule has 5 rings (SSSR count). The fourth-order valence-electron chi connectivity index (χ4n) is 6.47. The van der Waals surface area contributed by atoms with E-state index in [9.17, 15) is 19.1 Å². The second-order valence-electron chi connectivity index (χ2n) is 10.7. The number of hydrogen-bond acceptors (Lipinski definition) is 5. The molecule has 3 saturated carbocycles. The molecule has 1 saturated heterocycles. The minimum atomic E-state index is -1.40. The van der Waals surface area contributed by atoms with Crippen molar-refractivity contribution in [1.82, 2.24) is 10.6 Å². The maximum Gasteiger partial charge on any atom is 0.251 e. The summed E-state index contributed by atoms with van der Waals surface area (Å²) in [7, 11) is 0. The second kappa shape index (κ2) is 9.78. The molecule has 0 unspecified atom stereocenters. The highest BCUT2D eigenvalue weighted by atomic mass is 35.5. The number of carbonyl (C=O) groups is 2. The average molecular weight is 531 g/mol. The molecule has 1 aromatic rings. The highest BCUT2D eigenvalue weighted by Crippen LogP contribution is 2.63. The van der Waals surface area contributed by atoms with E-state index in [1.807, 2.05) is 0 Å². The van der Waals surface area contributed by atoms with Crippen LogP contribution in [0.2, 0.25) is 5.02 Å². The van der Waals surface area contributed by atoms with Gasteiger partial charge in [0.1, 0.15) is 17.3 Å². The van der Waals surface area contributed by atoms with Gasteiger partial charge in [-0.25, -0.2) is 13.2 Å². The summed E-state index contributed by atoms with van der Waals surface area (Å²) in [6.07, 6.45) is -0.162. The Morgan fingerprint density at radius 2 is 1.86 bits per heavy atom. The van der Waals surface area contributed by atoms with E-state index in [0.29, 0.717) is 19.4 Å². The van der Waals surface area contributed by atoms with Crippen molar-refractivity contribution in [3.63, 3.8) is 0 Å². The normalized spacial score (nSPS) is 36.6. The molecule has 36 heavy (non-hydrogen) atoms. The number of ether oxygens (including phenoxy) is 2. The first kappa shape index (κ1) is 25.8. The predicted octanol–water partition coefficient (Wildman–Crippen LogP) is 3.12. The third-order valence-corrected chi connectivity index (χ3v) is 8.71. The van der Waals surface area contributed by atoms with Gasteiger partial charge in [0.25, 0.3) is 5.91 Å². The minimum absolute atomic E-state index is 0.0616. The highest BCUT2D eigenvalue weighted by molar-refractivity contribution is 6.30. The molecule has 4 fully saturated rings. The lowest BCUT2D eigenvalue weighted by Crippen LogP contribution is -2.49. The molecule has 1 aromatic carbocycles. The van der Waals surface area contributed by atoms with Crippen LogP contribution < -0.4 is 10.6 Å². The molecule has 3 aliphatic carbocycles. The second-order valence-corrected chi connectivity index (χ2v) is 11.1. The van der Waals surface area contributed by atoms with Crippen LogP contribution in [0.25, 0.3) is 0 Å². The van der Waals surface area contributed by atoms with Crippen LogP contribution in [0.5, 0.6) is 0 Å². The number of carbonyl (C=O) groups excluding carboxylic acids is 2. The predicted molar refractivity (Wildman–Crippen MR) is 123 cm³/mol. The van der Waals surface area contributed by atoms with Crippen molar-refractivity contribution in [2.75, 3.05) is 19.8 Å². The molecule has 198 valence electrons. The van der Waals surface area contributed by atoms with E-state index in [2.05, 4.69) is 10.6 Å². The molecule has 4 aliphatic rings. The van der Waals surface area contributed by atoms with Crippen LogP contribution in [0.3, 0.4) is 0 Å². The molecule has 1 aliphatic heterocycles. The summed E-state index contributed by atoms with van der Waals surface area (Å²) >= 11 is 5.96. The number of fused-ring (bicyclic) bond motifs is 2. The van der Waals surface area contributed by atoms with E-state index in [-0.39, 0.29) is 55.9 Å². The van der Waals surface area contributed by atoms with Crippen LogP contribution in [-0.4, -0.2) is 60.7 Å². The van der Waals surface area contributed by atoms with Crippen LogP contribution in [0, 0.1) is 23.0 Å². The lowest BCUT2D eigenvalue weighted by molar-refractivity contribution is -0.148. The number of amides is 2. The van der Waals surface area contributed by atoms with E-state index in [4.69, 9.17) is 21.1 Å². The molecule has 2 bridgehead atoms. The smallest absolute Gasteiger partial charge is 0.251 e. The molecule has 2 amide bonds. The monoisotopic (exact) mass is 530 g/mol. The Morgan fingerprint density at radius 1 is 1.11 bits per heavy atom. The average Bonchev–Trinajstić information content (AvgIpc) is 3.52. The minimum Gasteiger partial charge on any atom is -0.391 e. The summed E-state index contributed by atoms with van der Waals surface area (Å²) in [5.41, 5.74) is -2.60. The van der Waals surface area contributed by atoms with E-state index >= 15 is 8.78 Å². The van der Waals surface area contributed by atoms with Gasteiger partial charge in [0.2, 0.25) is 5.91 Å². The van der Waals surface area contributed by atoms with Gasteiger partial charge in [-0.1, -0.05) is 11.6 Å². The van der Waals surface area contributed by atoms with Crippen molar-refractivity contribution in [3.8, 4) is 0 Å². The third kappa shape index (κ3) is 4.73. The standard InChI is InChI=1S/C25H30ClF3N2O5/c26-14-1-2-15(27)19(20(14)28)21(24-3-5-25(29,12-24)6-4-24)31-22(33)13-9-16(17(32)10-13)30-23(34)18-11-35-7-8-36-18/h1-2,13,16-18,21,32H,3-12H2,(H,30,34)(H,31,33)/t13-,16-,17+,18-,21+,24?,25?/m0/s1. The summed E-state index contributed by atoms with van der Waals surface area (Å²) in [5, 5.41) is 15.8. The molecule has 1 heterocycles. The van der Waals surface area contributed by atoms with Crippen LogP contribution in [-0.2, 0) is 19.1 Å². The fourth-order valence-corrected chi connectivity index (χ4v) is 6.63. The number of hydrogen-bond donors (Lipinski definition) is 3. The first-order chi connectivity index (χ1) is 17.1. The van der Waals surface area contributed by atoms with Crippen LogP contribution in [0.15, 0.2) is 12.1 Å². The lowest BCUT2D eigenvalue weighted by Gasteiger charge is -2.37. The van der Waals surface area contributed by atoms with Crippen LogP contribution in [0.4, 0.5) is 13.2 Å². The van der Waals surface area contributed by atoms with E-state index in [1.165, 1.54) is 0 Å². The fraction of sp³-hybridized carbons (Fsp3) is 0.680. The Hall–Kier alpha value is -1.88. The molecule has 7 nitrogen and oxygen atoms in total. The summed E-state index contributed by atoms with van der Waals surface area (Å²) in [6, 6.07) is 0.357. The summed E-state index contributed by atoms with van der Waals surface area (Å²) < 4.78 is 55.8. The number of benzene rings is 1. The number of alkyl halides is 1. The largest absolute Gasteiger partial charge is 0.391 e. The number of rotatable bonds is 6. The van der Waals surface area contributed by atoms with E-state index in [0.717, 1.165) is 12.1 Å². The van der Waals surface area contributed by atoms with E-state index in [1.54, 1.807) is 0 Å². The van der Waals surface area contributed by atoms with Gasteiger partial charge in [0, 0.05) is 11.5 Å². The Bertz CT molecular complexity index is 1030. The quantitative estimate of drug-likeness (QED) is 0.491. The molecular weight excluding hydrogens is 501 g/mol. The first-order valence-corrected chi connectivity index (χ1v) is 12.8. The Balaban J connectivity index is 1.33. The number of nitrogens with one attached hydrogen (secondary N) is 2. The molecule has 0 radical (unpaired) electrons. The summed E-state index contributed by atoms with van der Waals surface area (Å²) in [4.78, 5) is 25.8. The maximum absolute atomic E-state index is 15.1. The van der Waals surface area contributed by atoms with Gasteiger partial charge in [-0.2, -0.15) is 0 Å². The highest BCUT2D eigenvalue weighted by Gasteiger charge is 2.59. The molecule has 3 N–H and O–H groups in total. The lowest BCUT2D eigenvalue weighted by atomic mass is 9.74. The van der Waals surface area contributed by atoms with E-state index < -0.39 is 64.7 Å². The number of halogens is 4. The Morgan fingerprint density at radius 3 is 2.50 bits per heavy atom. The molecule has 11 heteroatoms. The van der Waals surface area contributed by atoms with Gasteiger partial charge in [-0.3, -0.25) is 9.59 Å². The first-order valence-electron chi connectivity index (χ1n) is 12.4. The van der Waals surface area contributed by atoms with Gasteiger partial charge >= 0.3 is 0 Å². The van der Waals surface area contributed by atoms with Crippen molar-refractivity contribution in [2.45, 2.75) is 74.9 Å². The van der Waals surface area contributed by atoms with Crippen LogP contribution in [0.1, 0.15) is 56.6 Å². The topological polar surface area (TPSA) is 96.9 Å². The zero-order valence-electron chi connectivity index (χ0n) is 19.7. The van der Waals surface area contributed by atoms with Crippen molar-refractivity contribution in [1.29, 1.82) is 0 Å². The van der Waals surface area contributed by atoms with Gasteiger partial charge < -0.3 is 25.2 Å². The molecule has 0 aromatic heterocycles.